The van der Waals surface area contributed by atoms with Crippen molar-refractivity contribution in [2.24, 2.45) is 0 Å². The lowest BCUT2D eigenvalue weighted by Gasteiger charge is -2.25. The second-order valence-corrected chi connectivity index (χ2v) is 9.87. The van der Waals surface area contributed by atoms with Crippen molar-refractivity contribution in [3.8, 4) is 11.5 Å². The second-order valence-electron chi connectivity index (χ2n) is 9.87. The molecule has 1 amide bonds. The predicted octanol–water partition coefficient (Wildman–Crippen LogP) is 4.90. The maximum atomic E-state index is 13.4. The third-order valence-electron chi connectivity index (χ3n) is 7.05. The highest BCUT2D eigenvalue weighted by molar-refractivity contribution is 6.46. The summed E-state index contributed by atoms with van der Waals surface area (Å²) in [6, 6.07) is 12.1. The van der Waals surface area contributed by atoms with Crippen LogP contribution in [0.4, 0.5) is 0 Å². The van der Waals surface area contributed by atoms with Gasteiger partial charge in [-0.3, -0.25) is 9.59 Å². The summed E-state index contributed by atoms with van der Waals surface area (Å²) in [7, 11) is 0. The number of unbranched alkanes of at least 4 members (excludes halogenated alkanes) is 1. The Bertz CT molecular complexity index is 1330. The highest BCUT2D eigenvalue weighted by atomic mass is 16.5. The summed E-state index contributed by atoms with van der Waals surface area (Å²) in [5.41, 5.74) is 2.32. The van der Waals surface area contributed by atoms with Crippen molar-refractivity contribution in [1.29, 1.82) is 0 Å². The number of fused-ring (bicyclic) bond motifs is 1. The monoisotopic (exact) mass is 515 g/mol. The number of ether oxygens (including phenoxy) is 2. The van der Waals surface area contributed by atoms with Crippen molar-refractivity contribution in [1.82, 2.24) is 14.5 Å². The summed E-state index contributed by atoms with van der Waals surface area (Å²) >= 11 is 0. The van der Waals surface area contributed by atoms with Gasteiger partial charge in [0.15, 0.2) is 0 Å². The standard InChI is InChI=1S/C30H33N3O5/c1-3-4-16-37-24-9-6-21(7-10-24)27-26(28(34)22-8-11-25-23(18-22)17-20(2)38-25)29(35)30(36)33(27)14-5-13-32-15-12-31-19-32/h6-12,15,18-20,27,34H,3-5,13-14,16-17H2,1-2H3/t20-,27+/m0/s1. The molecule has 8 heteroatoms. The van der Waals surface area contributed by atoms with Crippen LogP contribution >= 0.6 is 0 Å². The molecule has 0 saturated carbocycles. The van der Waals surface area contributed by atoms with Crippen molar-refractivity contribution >= 4 is 17.4 Å². The van der Waals surface area contributed by atoms with Crippen LogP contribution < -0.4 is 9.47 Å². The lowest BCUT2D eigenvalue weighted by molar-refractivity contribution is -0.139. The molecule has 198 valence electrons. The van der Waals surface area contributed by atoms with Gasteiger partial charge in [-0.1, -0.05) is 25.5 Å². The zero-order valence-corrected chi connectivity index (χ0v) is 21.8. The van der Waals surface area contributed by atoms with Gasteiger partial charge in [0.2, 0.25) is 0 Å². The second kappa shape index (κ2) is 11.1. The average molecular weight is 516 g/mol. The van der Waals surface area contributed by atoms with Crippen molar-refractivity contribution in [2.75, 3.05) is 13.2 Å². The number of likely N-dealkylation sites (tertiary alicyclic amines) is 1. The first-order valence-corrected chi connectivity index (χ1v) is 13.2. The fourth-order valence-corrected chi connectivity index (χ4v) is 5.11. The molecule has 2 aromatic carbocycles. The van der Waals surface area contributed by atoms with Gasteiger partial charge in [0.05, 0.1) is 24.5 Å². The van der Waals surface area contributed by atoms with E-state index in [1.165, 1.54) is 0 Å². The minimum Gasteiger partial charge on any atom is -0.507 e. The Kier molecular flexibility index (Phi) is 7.49. The van der Waals surface area contributed by atoms with E-state index in [0.29, 0.717) is 31.7 Å². The summed E-state index contributed by atoms with van der Waals surface area (Å²) in [6.45, 7) is 5.74. The van der Waals surface area contributed by atoms with Gasteiger partial charge in [-0.05, 0) is 61.2 Å². The number of rotatable bonds is 10. The maximum absolute atomic E-state index is 13.4. The molecule has 3 aromatic rings. The fraction of sp³-hybridized carbons (Fsp3) is 0.367. The number of hydrogen-bond donors (Lipinski definition) is 1. The van der Waals surface area contributed by atoms with E-state index in [-0.39, 0.29) is 17.4 Å². The molecule has 1 saturated heterocycles. The van der Waals surface area contributed by atoms with E-state index in [1.807, 2.05) is 54.1 Å². The number of aliphatic hydroxyl groups is 1. The van der Waals surface area contributed by atoms with E-state index < -0.39 is 17.7 Å². The van der Waals surface area contributed by atoms with Crippen LogP contribution in [0.25, 0.3) is 5.76 Å². The molecule has 0 bridgehead atoms. The number of aliphatic hydroxyl groups excluding tert-OH is 1. The SMILES string of the molecule is CCCCOc1ccc([C@@H]2C(=C(O)c3ccc4c(c3)C[C@H](C)O4)C(=O)C(=O)N2CCCn2ccnc2)cc1. The molecule has 1 aromatic heterocycles. The van der Waals surface area contributed by atoms with Gasteiger partial charge in [0, 0.05) is 37.5 Å². The van der Waals surface area contributed by atoms with Crippen LogP contribution in [0.2, 0.25) is 0 Å². The first kappa shape index (κ1) is 25.6. The van der Waals surface area contributed by atoms with Crippen LogP contribution in [0.1, 0.15) is 55.8 Å². The minimum absolute atomic E-state index is 0.0570. The Morgan fingerprint density at radius 3 is 2.68 bits per heavy atom. The molecule has 0 unspecified atom stereocenters. The molecule has 2 aliphatic heterocycles. The summed E-state index contributed by atoms with van der Waals surface area (Å²) in [4.78, 5) is 32.3. The number of Topliss-reactive ketones (excluding diaryl/α,β-unsaturated/α-hetero) is 1. The van der Waals surface area contributed by atoms with E-state index in [2.05, 4.69) is 11.9 Å². The first-order chi connectivity index (χ1) is 18.5. The van der Waals surface area contributed by atoms with Crippen LogP contribution in [0.5, 0.6) is 11.5 Å². The van der Waals surface area contributed by atoms with Crippen LogP contribution in [0, 0.1) is 0 Å². The molecule has 0 radical (unpaired) electrons. The number of carbonyl (C=O) groups is 2. The van der Waals surface area contributed by atoms with E-state index in [4.69, 9.17) is 9.47 Å². The van der Waals surface area contributed by atoms with Crippen molar-refractivity contribution < 1.29 is 24.2 Å². The molecule has 2 atom stereocenters. The van der Waals surface area contributed by atoms with Gasteiger partial charge in [-0.25, -0.2) is 4.98 Å². The number of aryl methyl sites for hydroxylation is 1. The quantitative estimate of drug-likeness (QED) is 0.179. The van der Waals surface area contributed by atoms with Gasteiger partial charge < -0.3 is 24.0 Å². The topological polar surface area (TPSA) is 93.9 Å². The van der Waals surface area contributed by atoms with Gasteiger partial charge in [-0.15, -0.1) is 0 Å². The Morgan fingerprint density at radius 1 is 1.13 bits per heavy atom. The molecule has 8 nitrogen and oxygen atoms in total. The van der Waals surface area contributed by atoms with Gasteiger partial charge >= 0.3 is 0 Å². The number of amides is 1. The Balaban J connectivity index is 1.48. The number of imidazole rings is 1. The molecular formula is C30H33N3O5. The van der Waals surface area contributed by atoms with Gasteiger partial charge in [-0.2, -0.15) is 0 Å². The van der Waals surface area contributed by atoms with Crippen LogP contribution in [-0.2, 0) is 22.6 Å². The van der Waals surface area contributed by atoms with E-state index in [0.717, 1.165) is 41.9 Å². The van der Waals surface area contributed by atoms with E-state index in [9.17, 15) is 14.7 Å². The average Bonchev–Trinajstić information content (AvgIpc) is 3.63. The smallest absolute Gasteiger partial charge is 0.295 e. The molecule has 0 aliphatic carbocycles. The van der Waals surface area contributed by atoms with E-state index in [1.54, 1.807) is 23.5 Å². The Hall–Kier alpha value is -4.07. The molecule has 0 spiro atoms. The normalized spacial score (nSPS) is 20.0. The Labute approximate surface area is 222 Å². The Morgan fingerprint density at radius 2 is 1.95 bits per heavy atom. The fourth-order valence-electron chi connectivity index (χ4n) is 5.11. The molecule has 1 N–H and O–H groups in total. The molecule has 5 rings (SSSR count). The minimum atomic E-state index is -0.703. The summed E-state index contributed by atoms with van der Waals surface area (Å²) in [5.74, 6) is 0.0550. The molecule has 1 fully saturated rings. The first-order valence-electron chi connectivity index (χ1n) is 13.2. The number of nitrogens with zero attached hydrogens (tertiary/aromatic N) is 3. The maximum Gasteiger partial charge on any atom is 0.295 e. The summed E-state index contributed by atoms with van der Waals surface area (Å²) in [6.07, 6.45) is 8.71. The lowest BCUT2D eigenvalue weighted by atomic mass is 9.94. The highest BCUT2D eigenvalue weighted by Crippen LogP contribution is 2.41. The number of hydrogen-bond acceptors (Lipinski definition) is 6. The van der Waals surface area contributed by atoms with Gasteiger partial charge in [0.25, 0.3) is 11.7 Å². The number of ketones is 1. The van der Waals surface area contributed by atoms with Crippen molar-refractivity contribution in [3.05, 3.63) is 83.4 Å². The molecule has 2 aliphatic rings. The predicted molar refractivity (Wildman–Crippen MR) is 143 cm³/mol. The zero-order chi connectivity index (χ0) is 26.6. The third-order valence-corrected chi connectivity index (χ3v) is 7.05. The molecular weight excluding hydrogens is 482 g/mol. The number of carbonyl (C=O) groups excluding carboxylic acids is 2. The molecule has 38 heavy (non-hydrogen) atoms. The van der Waals surface area contributed by atoms with Gasteiger partial charge in [0.1, 0.15) is 23.4 Å². The van der Waals surface area contributed by atoms with Crippen LogP contribution in [-0.4, -0.2) is 50.5 Å². The molecule has 3 heterocycles. The largest absolute Gasteiger partial charge is 0.507 e. The third kappa shape index (κ3) is 5.16. The van der Waals surface area contributed by atoms with Crippen LogP contribution in [0.15, 0.2) is 66.8 Å². The summed E-state index contributed by atoms with van der Waals surface area (Å²) in [5, 5.41) is 11.4. The van der Waals surface area contributed by atoms with E-state index >= 15 is 0 Å². The van der Waals surface area contributed by atoms with Crippen molar-refractivity contribution in [2.45, 2.75) is 58.2 Å². The highest BCUT2D eigenvalue weighted by Gasteiger charge is 2.45. The van der Waals surface area contributed by atoms with Crippen molar-refractivity contribution in [3.63, 3.8) is 0 Å². The van der Waals surface area contributed by atoms with Crippen LogP contribution in [0.3, 0.4) is 0 Å². The summed E-state index contributed by atoms with van der Waals surface area (Å²) < 4.78 is 13.5. The zero-order valence-electron chi connectivity index (χ0n) is 21.8. The number of aromatic nitrogens is 2. The number of benzene rings is 2. The lowest BCUT2D eigenvalue weighted by Crippen LogP contribution is -2.31.